The minimum atomic E-state index is -0.941. The van der Waals surface area contributed by atoms with Crippen LogP contribution in [-0.2, 0) is 10.2 Å². The first-order chi connectivity index (χ1) is 7.55. The molecule has 1 heterocycles. The number of H-pyrrole nitrogens is 1. The van der Waals surface area contributed by atoms with Crippen LogP contribution >= 0.6 is 0 Å². The standard InChI is InChI=1S/C9H11N3O4/c13-7(14)4-9(2-1-3-9)8-6(12(15)16)5-10-11-8/h5H,1-4H2,(H,10,11)(H,13,14). The molecule has 1 aliphatic carbocycles. The van der Waals surface area contributed by atoms with Crippen LogP contribution in [0.25, 0.3) is 0 Å². The van der Waals surface area contributed by atoms with E-state index < -0.39 is 16.3 Å². The maximum Gasteiger partial charge on any atom is 0.310 e. The smallest absolute Gasteiger partial charge is 0.310 e. The second-order valence-electron chi connectivity index (χ2n) is 4.09. The Morgan fingerprint density at radius 3 is 2.81 bits per heavy atom. The molecule has 1 aliphatic rings. The van der Waals surface area contributed by atoms with Gasteiger partial charge in [0.15, 0.2) is 0 Å². The molecule has 0 amide bonds. The second-order valence-corrected chi connectivity index (χ2v) is 4.09. The summed E-state index contributed by atoms with van der Waals surface area (Å²) < 4.78 is 0. The van der Waals surface area contributed by atoms with E-state index in [1.165, 1.54) is 0 Å². The summed E-state index contributed by atoms with van der Waals surface area (Å²) in [5.41, 5.74) is -0.378. The van der Waals surface area contributed by atoms with E-state index in [0.717, 1.165) is 12.6 Å². The van der Waals surface area contributed by atoms with E-state index in [-0.39, 0.29) is 12.1 Å². The van der Waals surface area contributed by atoms with Crippen LogP contribution in [0.3, 0.4) is 0 Å². The van der Waals surface area contributed by atoms with E-state index in [2.05, 4.69) is 10.2 Å². The highest BCUT2D eigenvalue weighted by atomic mass is 16.6. The fourth-order valence-corrected chi connectivity index (χ4v) is 2.22. The third-order valence-electron chi connectivity index (χ3n) is 3.15. The summed E-state index contributed by atoms with van der Waals surface area (Å²) in [5.74, 6) is -0.941. The molecule has 1 fully saturated rings. The monoisotopic (exact) mass is 225 g/mol. The van der Waals surface area contributed by atoms with Gasteiger partial charge >= 0.3 is 11.7 Å². The normalized spacial score (nSPS) is 17.8. The average molecular weight is 225 g/mol. The number of hydrogen-bond donors (Lipinski definition) is 2. The molecule has 7 nitrogen and oxygen atoms in total. The summed E-state index contributed by atoms with van der Waals surface area (Å²) >= 11 is 0. The number of carbonyl (C=O) groups is 1. The van der Waals surface area contributed by atoms with Crippen molar-refractivity contribution in [1.29, 1.82) is 0 Å². The van der Waals surface area contributed by atoms with Crippen molar-refractivity contribution in [2.75, 3.05) is 0 Å². The fourth-order valence-electron chi connectivity index (χ4n) is 2.22. The van der Waals surface area contributed by atoms with Gasteiger partial charge in [0.2, 0.25) is 0 Å². The molecule has 0 bridgehead atoms. The molecule has 0 unspecified atom stereocenters. The molecule has 7 heteroatoms. The van der Waals surface area contributed by atoms with E-state index in [4.69, 9.17) is 5.11 Å². The summed E-state index contributed by atoms with van der Waals surface area (Å²) in [5, 5.41) is 25.8. The molecular weight excluding hydrogens is 214 g/mol. The Morgan fingerprint density at radius 2 is 2.38 bits per heavy atom. The molecule has 1 saturated carbocycles. The quantitative estimate of drug-likeness (QED) is 0.591. The predicted octanol–water partition coefficient (Wildman–Crippen LogP) is 1.21. The third-order valence-corrected chi connectivity index (χ3v) is 3.15. The molecule has 0 aliphatic heterocycles. The van der Waals surface area contributed by atoms with Gasteiger partial charge in [-0.2, -0.15) is 5.10 Å². The number of aromatic amines is 1. The van der Waals surface area contributed by atoms with Gasteiger partial charge in [0.1, 0.15) is 11.9 Å². The van der Waals surface area contributed by atoms with Gasteiger partial charge in [-0.25, -0.2) is 0 Å². The number of aromatic nitrogens is 2. The van der Waals surface area contributed by atoms with Crippen molar-refractivity contribution < 1.29 is 14.8 Å². The summed E-state index contributed by atoms with van der Waals surface area (Å²) in [7, 11) is 0. The Labute approximate surface area is 90.6 Å². The second kappa shape index (κ2) is 3.58. The van der Waals surface area contributed by atoms with Gasteiger partial charge in [-0.15, -0.1) is 0 Å². The Balaban J connectivity index is 2.36. The van der Waals surface area contributed by atoms with Gasteiger partial charge in [0, 0.05) is 5.41 Å². The lowest BCUT2D eigenvalue weighted by molar-refractivity contribution is -0.386. The van der Waals surface area contributed by atoms with Gasteiger partial charge < -0.3 is 5.11 Å². The minimum Gasteiger partial charge on any atom is -0.481 e. The SMILES string of the molecule is O=C(O)CC1(c2[nH]ncc2[N+](=O)[O-])CCC1. The molecule has 0 saturated heterocycles. The van der Waals surface area contributed by atoms with Crippen molar-refractivity contribution in [2.24, 2.45) is 0 Å². The van der Waals surface area contributed by atoms with E-state index in [0.29, 0.717) is 18.5 Å². The molecule has 1 aromatic heterocycles. The number of aliphatic carboxylic acids is 1. The zero-order chi connectivity index (χ0) is 11.8. The molecule has 0 aromatic carbocycles. The zero-order valence-corrected chi connectivity index (χ0v) is 8.47. The number of nitrogens with one attached hydrogen (secondary N) is 1. The van der Waals surface area contributed by atoms with E-state index in [9.17, 15) is 14.9 Å². The number of nitrogens with zero attached hydrogens (tertiary/aromatic N) is 2. The number of nitro groups is 1. The maximum atomic E-state index is 10.8. The van der Waals surface area contributed by atoms with Gasteiger partial charge in [0.05, 0.1) is 11.3 Å². The van der Waals surface area contributed by atoms with Gasteiger partial charge in [-0.3, -0.25) is 20.0 Å². The van der Waals surface area contributed by atoms with Crippen LogP contribution in [0.1, 0.15) is 31.4 Å². The average Bonchev–Trinajstić information content (AvgIpc) is 2.59. The molecule has 0 radical (unpaired) electrons. The van der Waals surface area contributed by atoms with Gasteiger partial charge in [0.25, 0.3) is 0 Å². The number of hydrogen-bond acceptors (Lipinski definition) is 4. The van der Waals surface area contributed by atoms with Crippen molar-refractivity contribution in [3.63, 3.8) is 0 Å². The van der Waals surface area contributed by atoms with Crippen molar-refractivity contribution in [3.8, 4) is 0 Å². The third kappa shape index (κ3) is 1.54. The van der Waals surface area contributed by atoms with Crippen LogP contribution in [0, 0.1) is 10.1 Å². The Bertz CT molecular complexity index is 436. The summed E-state index contributed by atoms with van der Waals surface area (Å²) in [6.45, 7) is 0. The van der Waals surface area contributed by atoms with Gasteiger partial charge in [-0.05, 0) is 12.8 Å². The van der Waals surface area contributed by atoms with Crippen LogP contribution in [0.5, 0.6) is 0 Å². The topological polar surface area (TPSA) is 109 Å². The lowest BCUT2D eigenvalue weighted by Gasteiger charge is -2.39. The van der Waals surface area contributed by atoms with Crippen LogP contribution in [0.4, 0.5) is 5.69 Å². The molecule has 2 rings (SSSR count). The van der Waals surface area contributed by atoms with Crippen LogP contribution in [0.15, 0.2) is 6.20 Å². The van der Waals surface area contributed by atoms with Crippen LogP contribution in [-0.4, -0.2) is 26.2 Å². The molecule has 86 valence electrons. The molecule has 0 spiro atoms. The van der Waals surface area contributed by atoms with Crippen LogP contribution in [0.2, 0.25) is 0 Å². The highest BCUT2D eigenvalue weighted by molar-refractivity contribution is 5.69. The van der Waals surface area contributed by atoms with Crippen molar-refractivity contribution in [2.45, 2.75) is 31.1 Å². The number of carboxylic acid groups (broad SMARTS) is 1. The first-order valence-electron chi connectivity index (χ1n) is 4.95. The van der Waals surface area contributed by atoms with E-state index >= 15 is 0 Å². The molecule has 1 aromatic rings. The van der Waals surface area contributed by atoms with Crippen molar-refractivity contribution >= 4 is 11.7 Å². The predicted molar refractivity (Wildman–Crippen MR) is 53.0 cm³/mol. The lowest BCUT2D eigenvalue weighted by atomic mass is 9.64. The van der Waals surface area contributed by atoms with Gasteiger partial charge in [-0.1, -0.05) is 6.42 Å². The Morgan fingerprint density at radius 1 is 1.69 bits per heavy atom. The lowest BCUT2D eigenvalue weighted by Crippen LogP contribution is -2.37. The highest BCUT2D eigenvalue weighted by Gasteiger charge is 2.46. The fraction of sp³-hybridized carbons (Fsp3) is 0.556. The molecule has 0 atom stereocenters. The maximum absolute atomic E-state index is 10.8. The molecule has 16 heavy (non-hydrogen) atoms. The van der Waals surface area contributed by atoms with Crippen molar-refractivity contribution in [3.05, 3.63) is 22.0 Å². The molecule has 2 N–H and O–H groups in total. The number of carboxylic acids is 1. The first kappa shape index (κ1) is 10.6. The highest BCUT2D eigenvalue weighted by Crippen LogP contribution is 2.48. The first-order valence-corrected chi connectivity index (χ1v) is 4.95. The Kier molecular flexibility index (Phi) is 2.37. The largest absolute Gasteiger partial charge is 0.481 e. The zero-order valence-electron chi connectivity index (χ0n) is 8.47. The number of rotatable bonds is 4. The summed E-state index contributed by atoms with van der Waals surface area (Å²) in [6.07, 6.45) is 3.25. The summed E-state index contributed by atoms with van der Waals surface area (Å²) in [6, 6.07) is 0. The van der Waals surface area contributed by atoms with Crippen LogP contribution < -0.4 is 0 Å². The van der Waals surface area contributed by atoms with E-state index in [1.54, 1.807) is 0 Å². The molecular formula is C9H11N3O4. The minimum absolute atomic E-state index is 0.0873. The Hall–Kier alpha value is -1.92. The van der Waals surface area contributed by atoms with E-state index in [1.807, 2.05) is 0 Å². The van der Waals surface area contributed by atoms with Crippen molar-refractivity contribution in [1.82, 2.24) is 10.2 Å². The summed E-state index contributed by atoms with van der Waals surface area (Å²) in [4.78, 5) is 21.0.